The molecule has 1 aromatic carbocycles. The number of nitrogens with one attached hydrogen (secondary N) is 1. The lowest BCUT2D eigenvalue weighted by atomic mass is 10.1. The average Bonchev–Trinajstić information content (AvgIpc) is 2.17. The molecular weight excluding hydrogens is 192 g/mol. The molecule has 0 heterocycles. The molecule has 0 aromatic heterocycles. The van der Waals surface area contributed by atoms with Gasteiger partial charge in [0.05, 0.1) is 0 Å². The lowest BCUT2D eigenvalue weighted by molar-refractivity contribution is -0.135. The van der Waals surface area contributed by atoms with Crippen LogP contribution in [0.1, 0.15) is 17.5 Å². The van der Waals surface area contributed by atoms with Gasteiger partial charge >= 0.3 is 5.97 Å². The van der Waals surface area contributed by atoms with Crippen molar-refractivity contribution in [3.05, 3.63) is 35.4 Å². The molecule has 1 aromatic rings. The molecule has 4 nitrogen and oxygen atoms in total. The zero-order chi connectivity index (χ0) is 11.3. The second-order valence-corrected chi connectivity index (χ2v) is 2.87. The minimum atomic E-state index is -0.953. The summed E-state index contributed by atoms with van der Waals surface area (Å²) in [5, 5.41) is 15.6. The molecule has 0 atom stereocenters. The van der Waals surface area contributed by atoms with Crippen molar-refractivity contribution in [3.8, 4) is 11.8 Å². The van der Waals surface area contributed by atoms with Gasteiger partial charge in [-0.05, 0) is 12.1 Å². The summed E-state index contributed by atoms with van der Waals surface area (Å²) >= 11 is 0. The summed E-state index contributed by atoms with van der Waals surface area (Å²) in [6, 6.07) is 6.81. The summed E-state index contributed by atoms with van der Waals surface area (Å²) in [5.41, 5.74) is 6.54. The van der Waals surface area contributed by atoms with Gasteiger partial charge in [-0.15, -0.1) is 0 Å². The van der Waals surface area contributed by atoms with E-state index < -0.39 is 5.97 Å². The van der Waals surface area contributed by atoms with Gasteiger partial charge in [0, 0.05) is 11.1 Å². The lowest BCUT2D eigenvalue weighted by Crippen LogP contribution is -2.10. The standard InChI is InChI=1S/C11H10N2O2/c12-11(13)9-5-1-3-8(7-9)4-2-6-10(14)15/h1,3,5,7H,6H2,(H3,12,13)(H,14,15). The van der Waals surface area contributed by atoms with E-state index in [0.29, 0.717) is 11.1 Å². The number of nitrogens with two attached hydrogens (primary N) is 1. The van der Waals surface area contributed by atoms with Gasteiger partial charge in [-0.1, -0.05) is 24.0 Å². The molecule has 0 aliphatic rings. The fraction of sp³-hybridized carbons (Fsp3) is 0.0909. The minimum absolute atomic E-state index is 0.0307. The first-order valence-electron chi connectivity index (χ1n) is 4.24. The maximum absolute atomic E-state index is 10.2. The molecule has 0 aliphatic heterocycles. The zero-order valence-corrected chi connectivity index (χ0v) is 7.95. The molecular formula is C11H10N2O2. The molecule has 0 aliphatic carbocycles. The lowest BCUT2D eigenvalue weighted by Gasteiger charge is -1.97. The van der Waals surface area contributed by atoms with Crippen molar-refractivity contribution < 1.29 is 9.90 Å². The van der Waals surface area contributed by atoms with Crippen molar-refractivity contribution in [2.45, 2.75) is 6.42 Å². The number of carboxylic acid groups (broad SMARTS) is 1. The summed E-state index contributed by atoms with van der Waals surface area (Å²) in [6.07, 6.45) is -0.190. The predicted molar refractivity (Wildman–Crippen MR) is 56.6 cm³/mol. The Morgan fingerprint density at radius 2 is 2.27 bits per heavy atom. The van der Waals surface area contributed by atoms with Gasteiger partial charge in [0.25, 0.3) is 0 Å². The monoisotopic (exact) mass is 202 g/mol. The second kappa shape index (κ2) is 4.82. The highest BCUT2D eigenvalue weighted by molar-refractivity contribution is 5.95. The number of hydrogen-bond donors (Lipinski definition) is 3. The van der Waals surface area contributed by atoms with Crippen LogP contribution in [0.2, 0.25) is 0 Å². The Balaban J connectivity index is 2.85. The van der Waals surface area contributed by atoms with Crippen LogP contribution in [0.4, 0.5) is 0 Å². The summed E-state index contributed by atoms with van der Waals surface area (Å²) in [6.45, 7) is 0. The van der Waals surface area contributed by atoms with Gasteiger partial charge in [0.2, 0.25) is 0 Å². The van der Waals surface area contributed by atoms with Gasteiger partial charge < -0.3 is 10.8 Å². The highest BCUT2D eigenvalue weighted by atomic mass is 16.4. The third-order valence-corrected chi connectivity index (χ3v) is 1.65. The van der Waals surface area contributed by atoms with Crippen molar-refractivity contribution in [2.24, 2.45) is 5.73 Å². The molecule has 15 heavy (non-hydrogen) atoms. The number of nitrogen functional groups attached to an aromatic ring is 1. The summed E-state index contributed by atoms with van der Waals surface area (Å²) in [4.78, 5) is 10.2. The van der Waals surface area contributed by atoms with E-state index >= 15 is 0 Å². The highest BCUT2D eigenvalue weighted by Gasteiger charge is 1.96. The van der Waals surface area contributed by atoms with Crippen molar-refractivity contribution in [1.29, 1.82) is 5.41 Å². The molecule has 0 spiro atoms. The Bertz CT molecular complexity index is 455. The van der Waals surface area contributed by atoms with Gasteiger partial charge in [-0.25, -0.2) is 0 Å². The third-order valence-electron chi connectivity index (χ3n) is 1.65. The first kappa shape index (κ1) is 10.8. The van der Waals surface area contributed by atoms with E-state index in [0.717, 1.165) is 0 Å². The Kier molecular flexibility index (Phi) is 3.47. The largest absolute Gasteiger partial charge is 0.481 e. The van der Waals surface area contributed by atoms with E-state index in [1.54, 1.807) is 24.3 Å². The number of hydrogen-bond acceptors (Lipinski definition) is 2. The minimum Gasteiger partial charge on any atom is -0.481 e. The van der Waals surface area contributed by atoms with Crippen LogP contribution in [0, 0.1) is 17.3 Å². The predicted octanol–water partition coefficient (Wildman–Crippen LogP) is 0.797. The molecule has 0 unspecified atom stereocenters. The molecule has 1 rings (SSSR count). The van der Waals surface area contributed by atoms with Gasteiger partial charge in [-0.2, -0.15) is 0 Å². The highest BCUT2D eigenvalue weighted by Crippen LogP contribution is 2.02. The van der Waals surface area contributed by atoms with Crippen LogP contribution in [0.3, 0.4) is 0 Å². The molecule has 0 saturated carbocycles. The van der Waals surface area contributed by atoms with E-state index in [4.69, 9.17) is 16.2 Å². The van der Waals surface area contributed by atoms with E-state index in [-0.39, 0.29) is 12.3 Å². The van der Waals surface area contributed by atoms with Crippen molar-refractivity contribution >= 4 is 11.8 Å². The Hall–Kier alpha value is -2.28. The maximum Gasteiger partial charge on any atom is 0.315 e. The van der Waals surface area contributed by atoms with Crippen molar-refractivity contribution in [2.75, 3.05) is 0 Å². The summed E-state index contributed by atoms with van der Waals surface area (Å²) in [5.74, 6) is 4.21. The molecule has 4 heteroatoms. The van der Waals surface area contributed by atoms with Crippen LogP contribution in [0.15, 0.2) is 24.3 Å². The van der Waals surface area contributed by atoms with Crippen LogP contribution >= 0.6 is 0 Å². The fourth-order valence-corrected chi connectivity index (χ4v) is 0.986. The quantitative estimate of drug-likeness (QED) is 0.376. The molecule has 0 bridgehead atoms. The molecule has 0 saturated heterocycles. The number of amidine groups is 1. The Morgan fingerprint density at radius 1 is 1.53 bits per heavy atom. The van der Waals surface area contributed by atoms with Gasteiger partial charge in [0.15, 0.2) is 0 Å². The van der Waals surface area contributed by atoms with Crippen LogP contribution < -0.4 is 5.73 Å². The fourth-order valence-electron chi connectivity index (χ4n) is 0.986. The average molecular weight is 202 g/mol. The normalized spacial score (nSPS) is 8.80. The Labute approximate surface area is 87.2 Å². The van der Waals surface area contributed by atoms with E-state index in [1.807, 2.05) is 0 Å². The van der Waals surface area contributed by atoms with Crippen LogP contribution in [-0.2, 0) is 4.79 Å². The molecule has 0 fully saturated rings. The number of rotatable bonds is 2. The molecule has 76 valence electrons. The van der Waals surface area contributed by atoms with Gasteiger partial charge in [0.1, 0.15) is 12.3 Å². The number of carbonyl (C=O) groups is 1. The van der Waals surface area contributed by atoms with Crippen LogP contribution in [0.5, 0.6) is 0 Å². The maximum atomic E-state index is 10.2. The first-order valence-corrected chi connectivity index (χ1v) is 4.24. The van der Waals surface area contributed by atoms with Crippen molar-refractivity contribution in [3.63, 3.8) is 0 Å². The van der Waals surface area contributed by atoms with Gasteiger partial charge in [-0.3, -0.25) is 10.2 Å². The van der Waals surface area contributed by atoms with E-state index in [1.165, 1.54) is 0 Å². The first-order chi connectivity index (χ1) is 7.09. The van der Waals surface area contributed by atoms with E-state index in [2.05, 4.69) is 11.8 Å². The topological polar surface area (TPSA) is 87.2 Å². The van der Waals surface area contributed by atoms with E-state index in [9.17, 15) is 4.79 Å². The Morgan fingerprint density at radius 3 is 2.87 bits per heavy atom. The number of carboxylic acids is 1. The van der Waals surface area contributed by atoms with Crippen LogP contribution in [-0.4, -0.2) is 16.9 Å². The molecule has 4 N–H and O–H groups in total. The molecule has 0 amide bonds. The SMILES string of the molecule is N=C(N)c1cccc(C#CCC(=O)O)c1. The summed E-state index contributed by atoms with van der Waals surface area (Å²) in [7, 11) is 0. The smallest absolute Gasteiger partial charge is 0.315 e. The molecule has 0 radical (unpaired) electrons. The third kappa shape index (κ3) is 3.53. The van der Waals surface area contributed by atoms with Crippen molar-refractivity contribution in [1.82, 2.24) is 0 Å². The number of aliphatic carboxylic acids is 1. The second-order valence-electron chi connectivity index (χ2n) is 2.87. The number of benzene rings is 1. The van der Waals surface area contributed by atoms with Crippen LogP contribution in [0.25, 0.3) is 0 Å². The summed E-state index contributed by atoms with van der Waals surface area (Å²) < 4.78 is 0. The zero-order valence-electron chi connectivity index (χ0n) is 7.95.